The molecular weight excluding hydrogens is 606 g/mol. The third-order valence-corrected chi connectivity index (χ3v) is 9.48. The molecule has 1 aliphatic heterocycles. The van der Waals surface area contributed by atoms with E-state index in [1.54, 1.807) is 40.7 Å². The summed E-state index contributed by atoms with van der Waals surface area (Å²) in [5.74, 6) is 0.854. The van der Waals surface area contributed by atoms with Gasteiger partial charge in [-0.05, 0) is 74.0 Å². The van der Waals surface area contributed by atoms with Crippen LogP contribution in [0.1, 0.15) is 51.6 Å². The molecule has 46 heavy (non-hydrogen) atoms. The highest BCUT2D eigenvalue weighted by molar-refractivity contribution is 7.98. The van der Waals surface area contributed by atoms with E-state index in [0.29, 0.717) is 64.8 Å². The summed E-state index contributed by atoms with van der Waals surface area (Å²) >= 11 is 0.759. The second kappa shape index (κ2) is 11.9. The topological polar surface area (TPSA) is 151 Å². The van der Waals surface area contributed by atoms with Crippen LogP contribution in [-0.2, 0) is 17.8 Å². The first-order chi connectivity index (χ1) is 23.4. The number of nitrogens with zero attached hydrogens (tertiary/aromatic N) is 8. The van der Waals surface area contributed by atoms with E-state index in [-0.39, 0.29) is 48.3 Å². The van der Waals surface area contributed by atoms with Gasteiger partial charge in [-0.3, -0.25) is 14.4 Å². The van der Waals surface area contributed by atoms with Crippen molar-refractivity contribution in [1.82, 2.24) is 34.0 Å². The first kappa shape index (κ1) is 26.5. The predicted octanol–water partition coefficient (Wildman–Crippen LogP) is 3.00. The summed E-state index contributed by atoms with van der Waals surface area (Å²) in [6.07, 6.45) is 3.68. The molecule has 2 atom stereocenters. The number of hydrogen-bond acceptors (Lipinski definition) is 10. The maximum atomic E-state index is 14.2. The summed E-state index contributed by atoms with van der Waals surface area (Å²) in [5.41, 5.74) is 2.40. The Kier molecular flexibility index (Phi) is 6.85. The van der Waals surface area contributed by atoms with E-state index in [1.165, 1.54) is 10.8 Å². The maximum absolute atomic E-state index is 14.2. The quantitative estimate of drug-likeness (QED) is 0.274. The number of aryl methyl sites for hydroxylation is 1. The number of anilines is 2. The van der Waals surface area contributed by atoms with Gasteiger partial charge in [0, 0.05) is 40.9 Å². The standard InChI is InChI=1S/C32H35N9O4S/c1-4-24-27(38-9-11-39(12-10-38)30(44)26-28(43)18(2)33-17-34-26)31(45)41-32(36-29(37-41)21-14-19-13-20(19)15-21)40(24)16-25(42)35-22-5-7-23(46-3)8-6-22/h5-8,14,17,19-20,43H,4,9-13,15-16H2,1-3H3,(H,35,42)/i3D3. The first-order valence-electron chi connectivity index (χ1n) is 16.8. The van der Waals surface area contributed by atoms with Crippen LogP contribution in [0.4, 0.5) is 11.4 Å². The van der Waals surface area contributed by atoms with Crippen molar-refractivity contribution < 1.29 is 18.8 Å². The van der Waals surface area contributed by atoms with E-state index in [1.807, 2.05) is 11.8 Å². The number of fused-ring (bicyclic) bond motifs is 2. The van der Waals surface area contributed by atoms with Crippen LogP contribution in [-0.4, -0.2) is 83.3 Å². The Morgan fingerprint density at radius 2 is 1.93 bits per heavy atom. The van der Waals surface area contributed by atoms with Gasteiger partial charge in [0.15, 0.2) is 17.3 Å². The zero-order chi connectivity index (χ0) is 34.6. The van der Waals surface area contributed by atoms with Crippen molar-refractivity contribution in [1.29, 1.82) is 0 Å². The molecule has 1 saturated heterocycles. The van der Waals surface area contributed by atoms with Gasteiger partial charge in [-0.25, -0.2) is 9.97 Å². The molecule has 1 aromatic carbocycles. The average Bonchev–Trinajstić information content (AvgIpc) is 3.44. The summed E-state index contributed by atoms with van der Waals surface area (Å²) in [5, 5.41) is 17.9. The zero-order valence-corrected chi connectivity index (χ0v) is 26.3. The average molecular weight is 645 g/mol. The van der Waals surface area contributed by atoms with Crippen LogP contribution in [0, 0.1) is 18.8 Å². The van der Waals surface area contributed by atoms with E-state index < -0.39 is 12.1 Å². The maximum Gasteiger partial charge on any atom is 0.299 e. The van der Waals surface area contributed by atoms with Gasteiger partial charge in [0.05, 0.1) is 11.4 Å². The molecule has 3 aromatic heterocycles. The molecular formula is C32H35N9O4S. The number of allylic oxidation sites excluding steroid dienone is 2. The van der Waals surface area contributed by atoms with E-state index in [0.717, 1.165) is 30.2 Å². The lowest BCUT2D eigenvalue weighted by Gasteiger charge is -2.36. The van der Waals surface area contributed by atoms with E-state index in [2.05, 4.69) is 26.5 Å². The fraction of sp³-hybridized carbons (Fsp3) is 0.406. The van der Waals surface area contributed by atoms with Gasteiger partial charge < -0.3 is 24.8 Å². The Morgan fingerprint density at radius 3 is 2.63 bits per heavy atom. The molecule has 2 fully saturated rings. The number of rotatable bonds is 8. The molecule has 238 valence electrons. The molecule has 7 rings (SSSR count). The molecule has 0 radical (unpaired) electrons. The second-order valence-corrected chi connectivity index (χ2v) is 12.5. The number of nitrogens with one attached hydrogen (secondary N) is 1. The Hall–Kier alpha value is -4.72. The molecule has 3 aliphatic rings. The van der Waals surface area contributed by atoms with Crippen molar-refractivity contribution in [3.05, 3.63) is 69.9 Å². The Morgan fingerprint density at radius 1 is 1.15 bits per heavy atom. The van der Waals surface area contributed by atoms with Crippen molar-refractivity contribution >= 4 is 46.3 Å². The monoisotopic (exact) mass is 644 g/mol. The van der Waals surface area contributed by atoms with Crippen molar-refractivity contribution in [2.45, 2.75) is 44.6 Å². The highest BCUT2D eigenvalue weighted by Gasteiger charge is 2.42. The minimum absolute atomic E-state index is 0.0651. The molecule has 0 bridgehead atoms. The third-order valence-electron chi connectivity index (χ3n) is 8.97. The Bertz CT molecular complexity index is 2050. The highest BCUT2D eigenvalue weighted by atomic mass is 32.2. The largest absolute Gasteiger partial charge is 0.504 e. The molecule has 1 saturated carbocycles. The van der Waals surface area contributed by atoms with Gasteiger partial charge in [0.25, 0.3) is 11.5 Å². The van der Waals surface area contributed by atoms with Crippen LogP contribution in [0.5, 0.6) is 5.75 Å². The summed E-state index contributed by atoms with van der Waals surface area (Å²) in [4.78, 5) is 57.7. The number of aromatic hydroxyl groups is 1. The van der Waals surface area contributed by atoms with Gasteiger partial charge in [-0.1, -0.05) is 13.0 Å². The van der Waals surface area contributed by atoms with Crippen molar-refractivity contribution in [2.24, 2.45) is 11.8 Å². The van der Waals surface area contributed by atoms with Crippen LogP contribution in [0.2, 0.25) is 0 Å². The number of thioether (sulfide) groups is 1. The van der Waals surface area contributed by atoms with Gasteiger partial charge in [-0.15, -0.1) is 16.9 Å². The molecule has 2 amide bonds. The number of aromatic nitrogens is 6. The number of hydrogen-bond donors (Lipinski definition) is 2. The zero-order valence-electron chi connectivity index (χ0n) is 28.4. The lowest BCUT2D eigenvalue weighted by molar-refractivity contribution is -0.116. The third kappa shape index (κ3) is 5.40. The number of amides is 2. The highest BCUT2D eigenvalue weighted by Crippen LogP contribution is 2.52. The van der Waals surface area contributed by atoms with Crippen LogP contribution in [0.15, 0.2) is 46.4 Å². The number of benzene rings is 1. The molecule has 2 aliphatic carbocycles. The van der Waals surface area contributed by atoms with E-state index in [9.17, 15) is 19.5 Å². The summed E-state index contributed by atoms with van der Waals surface area (Å²) in [6.45, 7) is 4.56. The molecule has 13 nitrogen and oxygen atoms in total. The summed E-state index contributed by atoms with van der Waals surface area (Å²) in [7, 11) is 0. The van der Waals surface area contributed by atoms with Crippen LogP contribution in [0.3, 0.4) is 0 Å². The molecule has 2 unspecified atom stereocenters. The van der Waals surface area contributed by atoms with Crippen LogP contribution < -0.4 is 15.8 Å². The summed E-state index contributed by atoms with van der Waals surface area (Å²) < 4.78 is 25.4. The number of piperazine rings is 1. The van der Waals surface area contributed by atoms with E-state index in [4.69, 9.17) is 9.10 Å². The molecule has 0 spiro atoms. The molecule has 2 N–H and O–H groups in total. The minimum Gasteiger partial charge on any atom is -0.504 e. The van der Waals surface area contributed by atoms with Crippen molar-refractivity contribution in [3.63, 3.8) is 0 Å². The molecule has 4 heterocycles. The molecule has 4 aromatic rings. The minimum atomic E-state index is -2.18. The summed E-state index contributed by atoms with van der Waals surface area (Å²) in [6, 6.07) is 6.58. The van der Waals surface area contributed by atoms with Crippen LogP contribution >= 0.6 is 11.8 Å². The SMILES string of the molecule is [2H]C([2H])([2H])Sc1ccc(NC(=O)Cn2c(CC)c(N3CCN(C(=O)c4ncnc(C)c4O)CC3)c(=O)n3nc(C4=CC5CC5C4)nc23)cc1. The van der Waals surface area contributed by atoms with Gasteiger partial charge in [-0.2, -0.15) is 9.50 Å². The molecule has 14 heteroatoms. The second-order valence-electron chi connectivity index (χ2n) is 11.9. The van der Waals surface area contributed by atoms with Crippen molar-refractivity contribution in [2.75, 3.05) is 42.6 Å². The lowest BCUT2D eigenvalue weighted by atomic mass is 10.2. The van der Waals surface area contributed by atoms with Crippen molar-refractivity contribution in [3.8, 4) is 5.75 Å². The normalized spacial score (nSPS) is 20.1. The fourth-order valence-electron chi connectivity index (χ4n) is 6.41. The van der Waals surface area contributed by atoms with Gasteiger partial charge in [0.1, 0.15) is 18.6 Å². The van der Waals surface area contributed by atoms with E-state index >= 15 is 0 Å². The Balaban J connectivity index is 1.19. The van der Waals surface area contributed by atoms with Crippen LogP contribution in [0.25, 0.3) is 11.4 Å². The first-order valence-corrected chi connectivity index (χ1v) is 16.1. The van der Waals surface area contributed by atoms with Gasteiger partial charge in [0.2, 0.25) is 11.7 Å². The fourth-order valence-corrected chi connectivity index (χ4v) is 6.68. The Labute approximate surface area is 273 Å². The number of carbonyl (C=O) groups is 2. The lowest BCUT2D eigenvalue weighted by Crippen LogP contribution is -2.51. The number of carbonyl (C=O) groups excluding carboxylic acids is 2. The van der Waals surface area contributed by atoms with Gasteiger partial charge >= 0.3 is 0 Å². The predicted molar refractivity (Wildman–Crippen MR) is 174 cm³/mol. The smallest absolute Gasteiger partial charge is 0.299 e.